The fourth-order valence-corrected chi connectivity index (χ4v) is 11.5. The van der Waals surface area contributed by atoms with Gasteiger partial charge in [0.1, 0.15) is 0 Å². The van der Waals surface area contributed by atoms with Gasteiger partial charge in [-0.05, 0) is 57.8 Å². The molecule has 0 aromatic heterocycles. The second-order valence-corrected chi connectivity index (χ2v) is 24.9. The van der Waals surface area contributed by atoms with Crippen molar-refractivity contribution in [3.8, 4) is 0 Å². The van der Waals surface area contributed by atoms with Gasteiger partial charge >= 0.3 is 5.97 Å². The molecule has 6 nitrogen and oxygen atoms in total. The Morgan fingerprint density at radius 3 is 0.899 bits per heavy atom. The number of aliphatic hydroxyl groups excluding tert-OH is 2. The second-order valence-electron chi connectivity index (χ2n) is 24.9. The summed E-state index contributed by atoms with van der Waals surface area (Å²) in [5.41, 5.74) is 0. The predicted molar refractivity (Wildman–Crippen MR) is 347 cm³/mol. The Labute approximate surface area is 494 Å². The summed E-state index contributed by atoms with van der Waals surface area (Å²) in [7, 11) is 0. The molecule has 0 aromatic carbocycles. The number of aliphatic hydroxyl groups is 2. The number of carbonyl (C=O) groups excluding carboxylic acids is 2. The van der Waals surface area contributed by atoms with Gasteiger partial charge in [0.15, 0.2) is 0 Å². The minimum absolute atomic E-state index is 0.0121. The van der Waals surface area contributed by atoms with Crippen molar-refractivity contribution in [3.05, 3.63) is 24.3 Å². The third-order valence-corrected chi connectivity index (χ3v) is 17.0. The van der Waals surface area contributed by atoms with Crippen molar-refractivity contribution < 1.29 is 24.5 Å². The fraction of sp³-hybridized carbons (Fsp3) is 0.918. The van der Waals surface area contributed by atoms with Crippen LogP contribution in [0, 0.1) is 0 Å². The number of carbonyl (C=O) groups is 2. The van der Waals surface area contributed by atoms with Crippen molar-refractivity contribution >= 4 is 11.9 Å². The molecule has 0 bridgehead atoms. The molecular weight excluding hydrogens is 971 g/mol. The van der Waals surface area contributed by atoms with Gasteiger partial charge in [0, 0.05) is 12.8 Å². The monoisotopic (exact) mass is 1110 g/mol. The highest BCUT2D eigenvalue weighted by Crippen LogP contribution is 2.19. The number of rotatable bonds is 68. The van der Waals surface area contributed by atoms with E-state index in [0.717, 1.165) is 44.9 Å². The zero-order chi connectivity index (χ0) is 57.1. The molecule has 0 aromatic rings. The minimum Gasteiger partial charge on any atom is -0.466 e. The molecule has 0 aliphatic heterocycles. The summed E-state index contributed by atoms with van der Waals surface area (Å²) in [5, 5.41) is 23.3. The van der Waals surface area contributed by atoms with Crippen molar-refractivity contribution in [3.63, 3.8) is 0 Å². The molecule has 0 aliphatic carbocycles. The highest BCUT2D eigenvalue weighted by atomic mass is 16.5. The van der Waals surface area contributed by atoms with Crippen molar-refractivity contribution in [2.45, 2.75) is 418 Å². The number of hydrogen-bond donors (Lipinski definition) is 3. The van der Waals surface area contributed by atoms with Crippen LogP contribution in [-0.2, 0) is 14.3 Å². The van der Waals surface area contributed by atoms with Gasteiger partial charge in [-0.1, -0.05) is 359 Å². The number of ether oxygens (including phenoxy) is 1. The summed E-state index contributed by atoms with van der Waals surface area (Å²) < 4.78 is 5.50. The summed E-state index contributed by atoms with van der Waals surface area (Å²) in [6.07, 6.45) is 86.8. The largest absolute Gasteiger partial charge is 0.466 e. The summed E-state index contributed by atoms with van der Waals surface area (Å²) in [6.45, 7) is 4.94. The molecule has 2 atom stereocenters. The Morgan fingerprint density at radius 2 is 0.595 bits per heavy atom. The highest BCUT2D eigenvalue weighted by Gasteiger charge is 2.18. The number of hydrogen-bond acceptors (Lipinski definition) is 5. The molecule has 0 saturated heterocycles. The molecule has 468 valence electrons. The maximum atomic E-state index is 12.5. The van der Waals surface area contributed by atoms with E-state index in [1.54, 1.807) is 6.08 Å². The van der Waals surface area contributed by atoms with Crippen molar-refractivity contribution in [1.82, 2.24) is 5.32 Å². The maximum absolute atomic E-state index is 12.5. The van der Waals surface area contributed by atoms with Crippen molar-refractivity contribution in [1.29, 1.82) is 0 Å². The van der Waals surface area contributed by atoms with Gasteiger partial charge in [0.2, 0.25) is 5.91 Å². The molecule has 6 heteroatoms. The molecule has 0 radical (unpaired) electrons. The van der Waals surface area contributed by atoms with Gasteiger partial charge in [0.05, 0.1) is 25.4 Å². The first-order valence-corrected chi connectivity index (χ1v) is 36.1. The molecule has 0 aliphatic rings. The van der Waals surface area contributed by atoms with Crippen LogP contribution in [0.15, 0.2) is 24.3 Å². The zero-order valence-corrected chi connectivity index (χ0v) is 53.6. The standard InChI is InChI=1S/C73H141NO5/c1-3-5-7-9-11-13-15-17-19-21-22-23-24-25-26-28-31-34-37-41-45-49-53-57-61-65-71(76)70(69-75)74-72(77)66-62-58-54-50-46-42-38-35-32-29-27-30-33-36-40-44-48-52-56-60-64-68-79-73(78)67-63-59-55-51-47-43-39-20-18-16-14-12-10-8-6-4-2/h29,32,61,65,70-71,75-76H,3-28,30-31,33-60,62-64,66-69H2,1-2H3,(H,74,77)/b32-29-,65-61+. The van der Waals surface area contributed by atoms with E-state index in [2.05, 4.69) is 31.3 Å². The minimum atomic E-state index is -0.851. The third kappa shape index (κ3) is 65.4. The van der Waals surface area contributed by atoms with Gasteiger partial charge in [-0.25, -0.2) is 0 Å². The third-order valence-electron chi connectivity index (χ3n) is 17.0. The number of esters is 1. The van der Waals surface area contributed by atoms with Crippen LogP contribution in [0.1, 0.15) is 406 Å². The Bertz CT molecular complexity index is 1230. The van der Waals surface area contributed by atoms with Crippen LogP contribution in [0.25, 0.3) is 0 Å². The summed E-state index contributed by atoms with van der Waals surface area (Å²) in [6, 6.07) is -0.635. The molecule has 1 amide bonds. The molecular formula is C73H141NO5. The highest BCUT2D eigenvalue weighted by molar-refractivity contribution is 5.76. The first-order chi connectivity index (χ1) is 39.0. The predicted octanol–water partition coefficient (Wildman–Crippen LogP) is 23.3. The SMILES string of the molecule is CCCCCCCCCCCCCCCCCCCCCCCCC/C=C/C(O)C(CO)NC(=O)CCCCCCCCC/C=C\CCCCCCCCCCCCOC(=O)CCCCCCCCCCCCCCCCCC. The topological polar surface area (TPSA) is 95.9 Å². The van der Waals surface area contributed by atoms with Gasteiger partial charge in [-0.2, -0.15) is 0 Å². The zero-order valence-electron chi connectivity index (χ0n) is 53.6. The lowest BCUT2D eigenvalue weighted by Gasteiger charge is -2.20. The van der Waals surface area contributed by atoms with E-state index in [1.165, 1.54) is 334 Å². The van der Waals surface area contributed by atoms with E-state index < -0.39 is 12.1 Å². The lowest BCUT2D eigenvalue weighted by atomic mass is 10.0. The molecule has 0 spiro atoms. The second kappa shape index (κ2) is 68.8. The number of amides is 1. The molecule has 2 unspecified atom stereocenters. The normalized spacial score (nSPS) is 12.6. The van der Waals surface area contributed by atoms with Crippen LogP contribution < -0.4 is 5.32 Å². The Hall–Kier alpha value is -1.66. The maximum Gasteiger partial charge on any atom is 0.305 e. The van der Waals surface area contributed by atoms with Gasteiger partial charge in [-0.15, -0.1) is 0 Å². The Kier molecular flexibility index (Phi) is 67.4. The quantitative estimate of drug-likeness (QED) is 0.0320. The van der Waals surface area contributed by atoms with E-state index >= 15 is 0 Å². The Balaban J connectivity index is 3.44. The van der Waals surface area contributed by atoms with E-state index in [-0.39, 0.29) is 18.5 Å². The first kappa shape index (κ1) is 77.3. The molecule has 0 heterocycles. The lowest BCUT2D eigenvalue weighted by molar-refractivity contribution is -0.143. The van der Waals surface area contributed by atoms with Crippen molar-refractivity contribution in [2.75, 3.05) is 13.2 Å². The van der Waals surface area contributed by atoms with Crippen LogP contribution in [0.5, 0.6) is 0 Å². The van der Waals surface area contributed by atoms with Crippen LogP contribution >= 0.6 is 0 Å². The lowest BCUT2D eigenvalue weighted by Crippen LogP contribution is -2.45. The average molecular weight is 1110 g/mol. The van der Waals surface area contributed by atoms with Crippen LogP contribution in [0.2, 0.25) is 0 Å². The van der Waals surface area contributed by atoms with E-state index in [9.17, 15) is 19.8 Å². The van der Waals surface area contributed by atoms with Crippen LogP contribution in [0.3, 0.4) is 0 Å². The number of nitrogens with one attached hydrogen (secondary N) is 1. The van der Waals surface area contributed by atoms with Gasteiger partial charge < -0.3 is 20.3 Å². The van der Waals surface area contributed by atoms with E-state index in [1.807, 2.05) is 6.08 Å². The average Bonchev–Trinajstić information content (AvgIpc) is 3.45. The number of unbranched alkanes of at least 4 members (excludes halogenated alkanes) is 55. The van der Waals surface area contributed by atoms with Gasteiger partial charge in [0.25, 0.3) is 0 Å². The molecule has 79 heavy (non-hydrogen) atoms. The fourth-order valence-electron chi connectivity index (χ4n) is 11.5. The van der Waals surface area contributed by atoms with Crippen LogP contribution in [0.4, 0.5) is 0 Å². The molecule has 0 fully saturated rings. The summed E-state index contributed by atoms with van der Waals surface area (Å²) in [5.74, 6) is -0.0590. The van der Waals surface area contributed by atoms with E-state index in [4.69, 9.17) is 4.74 Å². The summed E-state index contributed by atoms with van der Waals surface area (Å²) in [4.78, 5) is 24.6. The first-order valence-electron chi connectivity index (χ1n) is 36.1. The van der Waals surface area contributed by atoms with E-state index in [0.29, 0.717) is 19.4 Å². The molecule has 3 N–H and O–H groups in total. The molecule has 0 saturated carbocycles. The summed E-state index contributed by atoms with van der Waals surface area (Å²) >= 11 is 0. The Morgan fingerprint density at radius 1 is 0.342 bits per heavy atom. The smallest absolute Gasteiger partial charge is 0.305 e. The molecule has 0 rings (SSSR count). The van der Waals surface area contributed by atoms with Gasteiger partial charge in [-0.3, -0.25) is 9.59 Å². The van der Waals surface area contributed by atoms with Crippen LogP contribution in [-0.4, -0.2) is 47.4 Å². The van der Waals surface area contributed by atoms with Crippen molar-refractivity contribution in [2.24, 2.45) is 0 Å². The number of allylic oxidation sites excluding steroid dienone is 3.